The minimum Gasteiger partial charge on any atom is -0.494 e. The maximum Gasteiger partial charge on any atom is 0.259 e. The summed E-state index contributed by atoms with van der Waals surface area (Å²) in [5, 5.41) is 11.3. The summed E-state index contributed by atoms with van der Waals surface area (Å²) in [6.45, 7) is 8.68. The molecule has 0 fully saturated rings. The zero-order chi connectivity index (χ0) is 23.4. The van der Waals surface area contributed by atoms with Crippen LogP contribution >= 0.6 is 0 Å². The molecule has 0 aliphatic heterocycles. The van der Waals surface area contributed by atoms with E-state index in [9.17, 15) is 4.79 Å². The lowest BCUT2D eigenvalue weighted by Gasteiger charge is -2.11. The molecule has 0 saturated carbocycles. The first-order chi connectivity index (χ1) is 16.0. The molecule has 3 heterocycles. The highest BCUT2D eigenvalue weighted by atomic mass is 16.5. The van der Waals surface area contributed by atoms with E-state index in [1.54, 1.807) is 23.1 Å². The third-order valence-corrected chi connectivity index (χ3v) is 5.14. The van der Waals surface area contributed by atoms with E-state index in [0.717, 1.165) is 11.3 Å². The molecule has 0 spiro atoms. The van der Waals surface area contributed by atoms with Gasteiger partial charge in [-0.2, -0.15) is 10.1 Å². The van der Waals surface area contributed by atoms with Crippen molar-refractivity contribution >= 4 is 5.91 Å². The lowest BCUT2D eigenvalue weighted by molar-refractivity contribution is 0.0950. The van der Waals surface area contributed by atoms with Crippen LogP contribution in [0, 0.1) is 6.92 Å². The van der Waals surface area contributed by atoms with Gasteiger partial charge in [-0.1, -0.05) is 37.2 Å². The summed E-state index contributed by atoms with van der Waals surface area (Å²) < 4.78 is 12.6. The van der Waals surface area contributed by atoms with Gasteiger partial charge in [0.2, 0.25) is 0 Å². The number of nitrogens with one attached hydrogen (secondary N) is 1. The molecule has 0 bridgehead atoms. The Balaban J connectivity index is 1.47. The summed E-state index contributed by atoms with van der Waals surface area (Å²) in [5.74, 6) is 2.38. The maximum absolute atomic E-state index is 12.8. The van der Waals surface area contributed by atoms with E-state index in [-0.39, 0.29) is 11.8 Å². The molecule has 0 saturated heterocycles. The number of para-hydroxylation sites is 1. The molecule has 0 atom stereocenters. The molecule has 33 heavy (non-hydrogen) atoms. The number of hydrogen-bond donors (Lipinski definition) is 1. The second-order valence-corrected chi connectivity index (χ2v) is 7.80. The second kappa shape index (κ2) is 9.64. The third kappa shape index (κ3) is 4.77. The van der Waals surface area contributed by atoms with E-state index in [0.29, 0.717) is 47.5 Å². The molecule has 9 heteroatoms. The number of pyridine rings is 1. The van der Waals surface area contributed by atoms with Gasteiger partial charge in [0.1, 0.15) is 5.75 Å². The molecule has 1 amide bonds. The van der Waals surface area contributed by atoms with E-state index in [4.69, 9.17) is 9.26 Å². The number of carbonyl (C=O) groups is 1. The zero-order valence-corrected chi connectivity index (χ0v) is 19.1. The second-order valence-electron chi connectivity index (χ2n) is 7.80. The summed E-state index contributed by atoms with van der Waals surface area (Å²) in [6, 6.07) is 11.3. The summed E-state index contributed by atoms with van der Waals surface area (Å²) in [7, 11) is 0. The highest BCUT2D eigenvalue weighted by Gasteiger charge is 2.17. The predicted octanol–water partition coefficient (Wildman–Crippen LogP) is 4.08. The number of rotatable bonds is 8. The Morgan fingerprint density at radius 3 is 2.70 bits per heavy atom. The van der Waals surface area contributed by atoms with Gasteiger partial charge < -0.3 is 14.6 Å². The van der Waals surface area contributed by atoms with E-state index in [1.165, 1.54) is 0 Å². The minimum atomic E-state index is -0.214. The van der Waals surface area contributed by atoms with Crippen LogP contribution in [0.25, 0.3) is 17.3 Å². The largest absolute Gasteiger partial charge is 0.494 e. The fourth-order valence-corrected chi connectivity index (χ4v) is 3.30. The quantitative estimate of drug-likeness (QED) is 0.434. The zero-order valence-electron chi connectivity index (χ0n) is 19.1. The highest BCUT2D eigenvalue weighted by molar-refractivity contribution is 5.95. The van der Waals surface area contributed by atoms with Crippen LogP contribution in [0.5, 0.6) is 5.75 Å². The van der Waals surface area contributed by atoms with E-state index in [2.05, 4.69) is 25.5 Å². The molecule has 170 valence electrons. The van der Waals surface area contributed by atoms with Gasteiger partial charge in [0, 0.05) is 24.2 Å². The van der Waals surface area contributed by atoms with Crippen molar-refractivity contribution in [2.75, 3.05) is 6.61 Å². The van der Waals surface area contributed by atoms with Crippen LogP contribution in [0.2, 0.25) is 0 Å². The smallest absolute Gasteiger partial charge is 0.259 e. The first-order valence-corrected chi connectivity index (χ1v) is 10.8. The lowest BCUT2D eigenvalue weighted by atomic mass is 10.2. The van der Waals surface area contributed by atoms with Crippen LogP contribution in [-0.4, -0.2) is 37.4 Å². The SMILES string of the molecule is CCOc1ccccc1CNC(=O)c1cnn(-c2ccc(-c3nc(C(C)C)no3)cn2)c1C. The normalized spacial score (nSPS) is 11.1. The van der Waals surface area contributed by atoms with E-state index < -0.39 is 0 Å². The van der Waals surface area contributed by atoms with Gasteiger partial charge in [-0.05, 0) is 32.0 Å². The molecule has 4 aromatic rings. The van der Waals surface area contributed by atoms with Crippen molar-refractivity contribution in [3.05, 3.63) is 71.4 Å². The highest BCUT2D eigenvalue weighted by Crippen LogP contribution is 2.21. The van der Waals surface area contributed by atoms with E-state index in [1.807, 2.05) is 58.0 Å². The van der Waals surface area contributed by atoms with Crippen molar-refractivity contribution in [3.63, 3.8) is 0 Å². The summed E-state index contributed by atoms with van der Waals surface area (Å²) >= 11 is 0. The average Bonchev–Trinajstić information content (AvgIpc) is 3.46. The predicted molar refractivity (Wildman–Crippen MR) is 122 cm³/mol. The molecule has 0 aliphatic carbocycles. The number of hydrogen-bond acceptors (Lipinski definition) is 7. The van der Waals surface area contributed by atoms with Crippen LogP contribution in [0.15, 0.2) is 53.3 Å². The number of ether oxygens (including phenoxy) is 1. The first kappa shape index (κ1) is 22.2. The monoisotopic (exact) mass is 446 g/mol. The first-order valence-electron chi connectivity index (χ1n) is 10.8. The Morgan fingerprint density at radius 1 is 1.18 bits per heavy atom. The molecule has 0 aliphatic rings. The van der Waals surface area contributed by atoms with Crippen LogP contribution in [0.4, 0.5) is 0 Å². The van der Waals surface area contributed by atoms with Crippen molar-refractivity contribution in [2.24, 2.45) is 0 Å². The van der Waals surface area contributed by atoms with Crippen LogP contribution < -0.4 is 10.1 Å². The van der Waals surface area contributed by atoms with Crippen molar-refractivity contribution in [2.45, 2.75) is 40.2 Å². The van der Waals surface area contributed by atoms with Gasteiger partial charge in [-0.15, -0.1) is 0 Å². The van der Waals surface area contributed by atoms with Gasteiger partial charge in [0.05, 0.1) is 29.6 Å². The molecule has 1 aromatic carbocycles. The summed E-state index contributed by atoms with van der Waals surface area (Å²) in [5.41, 5.74) is 2.80. The summed E-state index contributed by atoms with van der Waals surface area (Å²) in [4.78, 5) is 21.6. The van der Waals surface area contributed by atoms with Crippen molar-refractivity contribution in [1.29, 1.82) is 0 Å². The van der Waals surface area contributed by atoms with E-state index >= 15 is 0 Å². The lowest BCUT2D eigenvalue weighted by Crippen LogP contribution is -2.23. The van der Waals surface area contributed by atoms with Crippen LogP contribution in [0.1, 0.15) is 54.1 Å². The Bertz CT molecular complexity index is 1240. The van der Waals surface area contributed by atoms with Crippen molar-refractivity contribution in [3.8, 4) is 23.0 Å². The van der Waals surface area contributed by atoms with Gasteiger partial charge >= 0.3 is 0 Å². The molecular weight excluding hydrogens is 420 g/mol. The number of amides is 1. The number of nitrogens with zero attached hydrogens (tertiary/aromatic N) is 5. The van der Waals surface area contributed by atoms with Gasteiger partial charge in [0.25, 0.3) is 11.8 Å². The molecule has 0 radical (unpaired) electrons. The Morgan fingerprint density at radius 2 is 2.00 bits per heavy atom. The van der Waals surface area contributed by atoms with Gasteiger partial charge in [0.15, 0.2) is 11.6 Å². The Labute approximate surface area is 191 Å². The Hall–Kier alpha value is -4.01. The molecular formula is C24H26N6O3. The fourth-order valence-electron chi connectivity index (χ4n) is 3.30. The average molecular weight is 447 g/mol. The van der Waals surface area contributed by atoms with Gasteiger partial charge in [-0.3, -0.25) is 4.79 Å². The topological polar surface area (TPSA) is 108 Å². The third-order valence-electron chi connectivity index (χ3n) is 5.14. The fraction of sp³-hybridized carbons (Fsp3) is 0.292. The molecule has 1 N–H and O–H groups in total. The van der Waals surface area contributed by atoms with Gasteiger partial charge in [-0.25, -0.2) is 9.67 Å². The number of benzene rings is 1. The Kier molecular flexibility index (Phi) is 6.48. The molecule has 3 aromatic heterocycles. The van der Waals surface area contributed by atoms with Crippen molar-refractivity contribution < 1.29 is 14.1 Å². The van der Waals surface area contributed by atoms with Crippen LogP contribution in [0.3, 0.4) is 0 Å². The van der Waals surface area contributed by atoms with Crippen molar-refractivity contribution in [1.82, 2.24) is 30.2 Å². The molecule has 0 unspecified atom stereocenters. The summed E-state index contributed by atoms with van der Waals surface area (Å²) in [6.07, 6.45) is 3.19. The van der Waals surface area contributed by atoms with Crippen LogP contribution in [-0.2, 0) is 6.54 Å². The molecule has 4 rings (SSSR count). The standard InChI is InChI=1S/C24H26N6O3/c1-5-32-20-9-7-6-8-17(20)12-26-23(31)19-14-27-30(16(19)4)21-11-10-18(13-25-21)24-28-22(15(2)3)29-33-24/h6-11,13-15H,5,12H2,1-4H3,(H,26,31). The maximum atomic E-state index is 12.8. The number of aromatic nitrogens is 5. The number of carbonyl (C=O) groups excluding carboxylic acids is 1. The molecule has 9 nitrogen and oxygen atoms in total. The minimum absolute atomic E-state index is 0.179.